The third kappa shape index (κ3) is 5.07. The van der Waals surface area contributed by atoms with Crippen molar-refractivity contribution in [2.45, 2.75) is 13.5 Å². The van der Waals surface area contributed by atoms with Crippen molar-refractivity contribution in [3.63, 3.8) is 0 Å². The topological polar surface area (TPSA) is 125 Å². The SMILES string of the molecule is CCOc1cc(CNCCNC(=O)c2nonc2N)c(Br)cc1OC. The van der Waals surface area contributed by atoms with Crippen LogP contribution in [0.5, 0.6) is 11.5 Å². The van der Waals surface area contributed by atoms with Gasteiger partial charge in [-0.25, -0.2) is 4.63 Å². The number of hydrogen-bond acceptors (Lipinski definition) is 8. The average Bonchev–Trinajstić information content (AvgIpc) is 3.03. The van der Waals surface area contributed by atoms with Crippen LogP contribution < -0.4 is 25.8 Å². The van der Waals surface area contributed by atoms with E-state index in [1.807, 2.05) is 19.1 Å². The van der Waals surface area contributed by atoms with E-state index in [9.17, 15) is 4.79 Å². The molecular weight excluding hydrogens is 394 g/mol. The Morgan fingerprint density at radius 2 is 2.12 bits per heavy atom. The molecule has 0 fully saturated rings. The van der Waals surface area contributed by atoms with Crippen molar-refractivity contribution in [1.29, 1.82) is 0 Å². The zero-order valence-electron chi connectivity index (χ0n) is 14.0. The van der Waals surface area contributed by atoms with Crippen molar-refractivity contribution in [3.8, 4) is 11.5 Å². The van der Waals surface area contributed by atoms with Gasteiger partial charge in [0.05, 0.1) is 13.7 Å². The number of halogens is 1. The summed E-state index contributed by atoms with van der Waals surface area (Å²) in [5.41, 5.74) is 6.46. The van der Waals surface area contributed by atoms with Gasteiger partial charge in [-0.1, -0.05) is 15.9 Å². The van der Waals surface area contributed by atoms with Crippen LogP contribution in [0.25, 0.3) is 0 Å². The molecular formula is C15H20BrN5O4. The first kappa shape index (κ1) is 19.0. The summed E-state index contributed by atoms with van der Waals surface area (Å²) in [4.78, 5) is 11.8. The van der Waals surface area contributed by atoms with E-state index in [2.05, 4.69) is 41.5 Å². The number of ether oxygens (including phenoxy) is 2. The standard InChI is InChI=1S/C15H20BrN5O4/c1-3-24-12-6-9(10(16)7-11(12)23-2)8-18-4-5-19-15(22)13-14(17)21-25-20-13/h6-7,18H,3-5,8H2,1-2H3,(H2,17,21)(H,19,22). The minimum atomic E-state index is -0.426. The Morgan fingerprint density at radius 3 is 2.76 bits per heavy atom. The fourth-order valence-corrected chi connectivity index (χ4v) is 2.53. The second kappa shape index (κ2) is 9.23. The maximum atomic E-state index is 11.8. The second-order valence-corrected chi connectivity index (χ2v) is 5.81. The minimum absolute atomic E-state index is 0.0146. The van der Waals surface area contributed by atoms with Gasteiger partial charge in [0.15, 0.2) is 11.5 Å². The van der Waals surface area contributed by atoms with Gasteiger partial charge < -0.3 is 25.8 Å². The number of nitrogens with two attached hydrogens (primary N) is 1. The Hall–Kier alpha value is -2.33. The molecule has 1 aromatic carbocycles. The van der Waals surface area contributed by atoms with Crippen LogP contribution in [0.1, 0.15) is 23.0 Å². The lowest BCUT2D eigenvalue weighted by Gasteiger charge is -2.13. The molecule has 0 aliphatic carbocycles. The highest BCUT2D eigenvalue weighted by molar-refractivity contribution is 9.10. The zero-order valence-corrected chi connectivity index (χ0v) is 15.6. The third-order valence-electron chi connectivity index (χ3n) is 3.26. The van der Waals surface area contributed by atoms with Crippen LogP contribution in [-0.4, -0.2) is 43.0 Å². The van der Waals surface area contributed by atoms with E-state index in [4.69, 9.17) is 15.2 Å². The molecule has 0 spiro atoms. The number of nitrogen functional groups attached to an aromatic ring is 1. The fraction of sp³-hybridized carbons (Fsp3) is 0.400. The van der Waals surface area contributed by atoms with Crippen LogP contribution in [0, 0.1) is 0 Å². The normalized spacial score (nSPS) is 10.5. The van der Waals surface area contributed by atoms with E-state index in [0.717, 1.165) is 10.0 Å². The smallest absolute Gasteiger partial charge is 0.277 e. The van der Waals surface area contributed by atoms with Crippen LogP contribution in [-0.2, 0) is 6.54 Å². The van der Waals surface area contributed by atoms with Crippen molar-refractivity contribution in [3.05, 3.63) is 27.9 Å². The van der Waals surface area contributed by atoms with E-state index in [0.29, 0.717) is 37.7 Å². The monoisotopic (exact) mass is 413 g/mol. The number of aromatic nitrogens is 2. The number of anilines is 1. The summed E-state index contributed by atoms with van der Waals surface area (Å²) in [6.07, 6.45) is 0. The Kier molecular flexibility index (Phi) is 7.02. The Morgan fingerprint density at radius 1 is 1.32 bits per heavy atom. The number of carbonyl (C=O) groups is 1. The van der Waals surface area contributed by atoms with Gasteiger partial charge in [0.2, 0.25) is 11.5 Å². The molecule has 2 rings (SSSR count). The molecule has 1 aromatic heterocycles. The van der Waals surface area contributed by atoms with E-state index in [-0.39, 0.29) is 11.5 Å². The molecule has 2 aromatic rings. The number of methoxy groups -OCH3 is 1. The summed E-state index contributed by atoms with van der Waals surface area (Å²) in [6.45, 7) is 4.01. The summed E-state index contributed by atoms with van der Waals surface area (Å²) >= 11 is 3.51. The molecule has 10 heteroatoms. The molecule has 0 aliphatic rings. The summed E-state index contributed by atoms with van der Waals surface area (Å²) in [7, 11) is 1.60. The first-order valence-corrected chi connectivity index (χ1v) is 8.42. The van der Waals surface area contributed by atoms with Gasteiger partial charge in [-0.15, -0.1) is 0 Å². The molecule has 0 saturated heterocycles. The molecule has 136 valence electrons. The quantitative estimate of drug-likeness (QED) is 0.525. The molecule has 0 unspecified atom stereocenters. The van der Waals surface area contributed by atoms with Gasteiger partial charge in [-0.3, -0.25) is 4.79 Å². The lowest BCUT2D eigenvalue weighted by atomic mass is 10.2. The summed E-state index contributed by atoms with van der Waals surface area (Å²) < 4.78 is 16.2. The number of rotatable bonds is 9. The number of hydrogen-bond donors (Lipinski definition) is 3. The van der Waals surface area contributed by atoms with Gasteiger partial charge in [-0.05, 0) is 34.9 Å². The average molecular weight is 414 g/mol. The lowest BCUT2D eigenvalue weighted by Crippen LogP contribution is -2.32. The number of amides is 1. The largest absolute Gasteiger partial charge is 0.493 e. The number of benzene rings is 1. The predicted octanol–water partition coefficient (Wildman–Crippen LogP) is 1.34. The van der Waals surface area contributed by atoms with Crippen molar-refractivity contribution in [2.75, 3.05) is 32.5 Å². The first-order chi connectivity index (χ1) is 12.1. The predicted molar refractivity (Wildman–Crippen MR) is 94.6 cm³/mol. The van der Waals surface area contributed by atoms with Gasteiger partial charge in [0, 0.05) is 24.1 Å². The Bertz CT molecular complexity index is 722. The van der Waals surface area contributed by atoms with Crippen LogP contribution in [0.4, 0.5) is 5.82 Å². The summed E-state index contributed by atoms with van der Waals surface area (Å²) in [5.74, 6) is 0.900. The highest BCUT2D eigenvalue weighted by Gasteiger charge is 2.15. The molecule has 0 radical (unpaired) electrons. The minimum Gasteiger partial charge on any atom is -0.493 e. The lowest BCUT2D eigenvalue weighted by molar-refractivity contribution is 0.0944. The van der Waals surface area contributed by atoms with Gasteiger partial charge in [0.1, 0.15) is 0 Å². The van der Waals surface area contributed by atoms with E-state index < -0.39 is 5.91 Å². The van der Waals surface area contributed by atoms with Gasteiger partial charge >= 0.3 is 0 Å². The fourth-order valence-electron chi connectivity index (χ4n) is 2.06. The van der Waals surface area contributed by atoms with Gasteiger partial charge in [0.25, 0.3) is 5.91 Å². The Balaban J connectivity index is 1.82. The second-order valence-electron chi connectivity index (χ2n) is 4.96. The molecule has 25 heavy (non-hydrogen) atoms. The summed E-state index contributed by atoms with van der Waals surface area (Å²) in [6, 6.07) is 3.78. The highest BCUT2D eigenvalue weighted by atomic mass is 79.9. The molecule has 1 amide bonds. The molecule has 4 N–H and O–H groups in total. The van der Waals surface area contributed by atoms with Gasteiger partial charge in [-0.2, -0.15) is 0 Å². The van der Waals surface area contributed by atoms with E-state index in [1.54, 1.807) is 7.11 Å². The molecule has 0 atom stereocenters. The van der Waals surface area contributed by atoms with E-state index in [1.165, 1.54) is 0 Å². The van der Waals surface area contributed by atoms with Crippen molar-refractivity contribution >= 4 is 27.7 Å². The molecule has 0 saturated carbocycles. The van der Waals surface area contributed by atoms with Crippen LogP contribution in [0.3, 0.4) is 0 Å². The number of nitrogens with one attached hydrogen (secondary N) is 2. The van der Waals surface area contributed by atoms with Crippen LogP contribution in [0.15, 0.2) is 21.2 Å². The van der Waals surface area contributed by atoms with Crippen molar-refractivity contribution < 1.29 is 18.9 Å². The highest BCUT2D eigenvalue weighted by Crippen LogP contribution is 2.33. The van der Waals surface area contributed by atoms with E-state index >= 15 is 0 Å². The molecule has 0 aliphatic heterocycles. The molecule has 1 heterocycles. The van der Waals surface area contributed by atoms with Crippen LogP contribution in [0.2, 0.25) is 0 Å². The molecule has 9 nitrogen and oxygen atoms in total. The zero-order chi connectivity index (χ0) is 18.2. The Labute approximate surface area is 153 Å². The number of carbonyl (C=O) groups excluding carboxylic acids is 1. The molecule has 0 bridgehead atoms. The maximum absolute atomic E-state index is 11.8. The first-order valence-electron chi connectivity index (χ1n) is 7.63. The van der Waals surface area contributed by atoms with Crippen molar-refractivity contribution in [1.82, 2.24) is 20.9 Å². The van der Waals surface area contributed by atoms with Crippen LogP contribution >= 0.6 is 15.9 Å². The third-order valence-corrected chi connectivity index (χ3v) is 4.00. The maximum Gasteiger partial charge on any atom is 0.277 e. The van der Waals surface area contributed by atoms with Crippen molar-refractivity contribution in [2.24, 2.45) is 0 Å². The summed E-state index contributed by atoms with van der Waals surface area (Å²) in [5, 5.41) is 12.7. The number of nitrogens with zero attached hydrogens (tertiary/aromatic N) is 2.